The maximum Gasteiger partial charge on any atom is 0.267 e. The predicted octanol–water partition coefficient (Wildman–Crippen LogP) is 2.16. The van der Waals surface area contributed by atoms with Gasteiger partial charge < -0.3 is 15.7 Å². The summed E-state index contributed by atoms with van der Waals surface area (Å²) in [5.74, 6) is 4.59. The van der Waals surface area contributed by atoms with E-state index in [1.54, 1.807) is 37.5 Å². The van der Waals surface area contributed by atoms with Crippen molar-refractivity contribution in [2.45, 2.75) is 18.9 Å². The number of rotatable bonds is 3. The Hall–Kier alpha value is -4.02. The Labute approximate surface area is 185 Å². The Bertz CT molecular complexity index is 1270. The highest BCUT2D eigenvalue weighted by molar-refractivity contribution is 5.93. The second-order valence-corrected chi connectivity index (χ2v) is 7.85. The largest absolute Gasteiger partial charge is 0.369 e. The number of carbonyl (C=O) groups excluding carboxylic acids is 2. The van der Waals surface area contributed by atoms with Gasteiger partial charge in [0.15, 0.2) is 0 Å². The van der Waals surface area contributed by atoms with Gasteiger partial charge in [-0.3, -0.25) is 14.6 Å². The number of aromatic nitrogens is 2. The van der Waals surface area contributed by atoms with Crippen LogP contribution in [0.25, 0.3) is 22.4 Å². The highest BCUT2D eigenvalue weighted by atomic mass is 16.3. The molecule has 0 bridgehead atoms. The molecule has 160 valence electrons. The Morgan fingerprint density at radius 1 is 1.16 bits per heavy atom. The number of carbonyl (C=O) groups is 2. The molecule has 1 aromatic carbocycles. The van der Waals surface area contributed by atoms with Crippen LogP contribution in [0.4, 0.5) is 0 Å². The normalized spacial score (nSPS) is 17.7. The van der Waals surface area contributed by atoms with E-state index in [1.165, 1.54) is 4.90 Å². The van der Waals surface area contributed by atoms with Crippen LogP contribution in [0.3, 0.4) is 0 Å². The van der Waals surface area contributed by atoms with E-state index in [9.17, 15) is 14.7 Å². The molecule has 32 heavy (non-hydrogen) atoms. The van der Waals surface area contributed by atoms with Crippen LogP contribution in [0.1, 0.15) is 28.2 Å². The summed E-state index contributed by atoms with van der Waals surface area (Å²) in [6.45, 7) is 2.36. The lowest BCUT2D eigenvalue weighted by Crippen LogP contribution is -2.37. The summed E-state index contributed by atoms with van der Waals surface area (Å²) in [7, 11) is 1.64. The van der Waals surface area contributed by atoms with E-state index in [1.807, 2.05) is 31.2 Å². The van der Waals surface area contributed by atoms with Crippen LogP contribution in [0.2, 0.25) is 0 Å². The van der Waals surface area contributed by atoms with Crippen molar-refractivity contribution in [2.75, 3.05) is 13.6 Å². The van der Waals surface area contributed by atoms with E-state index in [-0.39, 0.29) is 12.1 Å². The summed E-state index contributed by atoms with van der Waals surface area (Å²) in [5.41, 5.74) is 8.37. The van der Waals surface area contributed by atoms with Gasteiger partial charge >= 0.3 is 0 Å². The van der Waals surface area contributed by atoms with Crippen LogP contribution in [0.5, 0.6) is 0 Å². The fourth-order valence-electron chi connectivity index (χ4n) is 3.51. The molecule has 7 heteroatoms. The number of hydrogen-bond acceptors (Lipinski definition) is 5. The average molecular weight is 426 g/mol. The van der Waals surface area contributed by atoms with Crippen molar-refractivity contribution in [2.24, 2.45) is 5.73 Å². The highest BCUT2D eigenvalue weighted by Gasteiger charge is 2.42. The molecule has 0 unspecified atom stereocenters. The summed E-state index contributed by atoms with van der Waals surface area (Å²) in [6, 6.07) is 14.5. The topological polar surface area (TPSA) is 109 Å². The SMILES string of the molecule is Cc1ccc(-c2cc(C(N)=O)nc(-c3cccc(C#C[C@]4(O)CCN(C)C4=O)c3)c2)cn1. The summed E-state index contributed by atoms with van der Waals surface area (Å²) in [6.07, 6.45) is 2.00. The van der Waals surface area contributed by atoms with Crippen LogP contribution >= 0.6 is 0 Å². The lowest BCUT2D eigenvalue weighted by atomic mass is 10.0. The third-order valence-corrected chi connectivity index (χ3v) is 5.40. The van der Waals surface area contributed by atoms with Gasteiger partial charge in [-0.2, -0.15) is 0 Å². The molecule has 1 aliphatic rings. The lowest BCUT2D eigenvalue weighted by Gasteiger charge is -2.13. The third kappa shape index (κ3) is 4.22. The van der Waals surface area contributed by atoms with Gasteiger partial charge in [-0.05, 0) is 42.8 Å². The van der Waals surface area contributed by atoms with Gasteiger partial charge in [0.25, 0.3) is 11.8 Å². The van der Waals surface area contributed by atoms with Gasteiger partial charge in [-0.25, -0.2) is 4.98 Å². The minimum atomic E-state index is -1.67. The number of hydrogen-bond donors (Lipinski definition) is 2. The molecule has 3 N–H and O–H groups in total. The molecule has 4 rings (SSSR count). The van der Waals surface area contributed by atoms with Crippen LogP contribution in [0.15, 0.2) is 54.7 Å². The molecule has 0 spiro atoms. The zero-order valence-electron chi connectivity index (χ0n) is 17.8. The van der Waals surface area contributed by atoms with Gasteiger partial charge in [0.05, 0.1) is 5.69 Å². The van der Waals surface area contributed by atoms with Gasteiger partial charge in [0.1, 0.15) is 5.69 Å². The summed E-state index contributed by atoms with van der Waals surface area (Å²) in [5, 5.41) is 10.5. The first kappa shape index (κ1) is 21.2. The van der Waals surface area contributed by atoms with Crippen molar-refractivity contribution in [1.29, 1.82) is 0 Å². The lowest BCUT2D eigenvalue weighted by molar-refractivity contribution is -0.137. The molecule has 1 fully saturated rings. The first-order valence-corrected chi connectivity index (χ1v) is 10.1. The molecular formula is C25H22N4O3. The molecule has 3 aromatic rings. The van der Waals surface area contributed by atoms with Crippen LogP contribution in [0, 0.1) is 18.8 Å². The fraction of sp³-hybridized carbons (Fsp3) is 0.200. The second-order valence-electron chi connectivity index (χ2n) is 7.85. The van der Waals surface area contributed by atoms with Gasteiger partial charge in [0, 0.05) is 48.6 Å². The van der Waals surface area contributed by atoms with Crippen LogP contribution in [-0.2, 0) is 4.79 Å². The predicted molar refractivity (Wildman–Crippen MR) is 120 cm³/mol. The molecule has 0 aliphatic carbocycles. The smallest absolute Gasteiger partial charge is 0.267 e. The first-order valence-electron chi connectivity index (χ1n) is 10.1. The zero-order valence-corrected chi connectivity index (χ0v) is 17.8. The standard InChI is InChI=1S/C25H22N4O3/c1-16-6-7-19(15-27-16)20-13-21(28-22(14-20)23(26)30)18-5-3-4-17(12-18)8-9-25(32)10-11-29(2)24(25)31/h3-7,12-15,32H,10-11H2,1-2H3,(H2,26,30)/t25-/m0/s1. The van der Waals surface area contributed by atoms with Crippen LogP contribution < -0.4 is 5.73 Å². The summed E-state index contributed by atoms with van der Waals surface area (Å²) < 4.78 is 0. The van der Waals surface area contributed by atoms with Gasteiger partial charge in [0.2, 0.25) is 5.60 Å². The number of likely N-dealkylation sites (tertiary alicyclic amines) is 1. The summed E-state index contributed by atoms with van der Waals surface area (Å²) >= 11 is 0. The maximum atomic E-state index is 12.1. The first-order chi connectivity index (χ1) is 15.2. The number of amides is 2. The average Bonchev–Trinajstić information content (AvgIpc) is 3.06. The quantitative estimate of drug-likeness (QED) is 0.624. The van der Waals surface area contributed by atoms with E-state index in [2.05, 4.69) is 21.8 Å². The number of likely N-dealkylation sites (N-methyl/N-ethyl adjacent to an activating group) is 1. The fourth-order valence-corrected chi connectivity index (χ4v) is 3.51. The molecule has 1 atom stereocenters. The number of benzene rings is 1. The van der Waals surface area contributed by atoms with Gasteiger partial charge in [-0.1, -0.05) is 30.0 Å². The molecule has 2 amide bonds. The minimum absolute atomic E-state index is 0.142. The number of pyridine rings is 2. The van der Waals surface area contributed by atoms with E-state index in [0.717, 1.165) is 22.4 Å². The van der Waals surface area contributed by atoms with Crippen molar-refractivity contribution >= 4 is 11.8 Å². The van der Waals surface area contributed by atoms with Crippen molar-refractivity contribution in [3.63, 3.8) is 0 Å². The highest BCUT2D eigenvalue weighted by Crippen LogP contribution is 2.27. The zero-order chi connectivity index (χ0) is 22.9. The summed E-state index contributed by atoms with van der Waals surface area (Å²) in [4.78, 5) is 34.2. The maximum absolute atomic E-state index is 12.1. The Kier molecular flexibility index (Phi) is 5.47. The van der Waals surface area contributed by atoms with Crippen molar-refractivity contribution in [3.05, 3.63) is 71.7 Å². The molecular weight excluding hydrogens is 404 g/mol. The number of primary amides is 1. The molecule has 1 saturated heterocycles. The molecule has 0 radical (unpaired) electrons. The Morgan fingerprint density at radius 3 is 2.62 bits per heavy atom. The third-order valence-electron chi connectivity index (χ3n) is 5.40. The second kappa shape index (κ2) is 8.25. The van der Waals surface area contributed by atoms with E-state index >= 15 is 0 Å². The van der Waals surface area contributed by atoms with Crippen LogP contribution in [-0.4, -0.2) is 51.0 Å². The van der Waals surface area contributed by atoms with E-state index in [4.69, 9.17) is 5.73 Å². The van der Waals surface area contributed by atoms with Crippen molar-refractivity contribution in [1.82, 2.24) is 14.9 Å². The van der Waals surface area contributed by atoms with E-state index < -0.39 is 17.4 Å². The number of aliphatic hydroxyl groups is 1. The Balaban J connectivity index is 1.73. The number of nitrogens with two attached hydrogens (primary N) is 1. The number of nitrogens with zero attached hydrogens (tertiary/aromatic N) is 3. The molecule has 2 aromatic heterocycles. The van der Waals surface area contributed by atoms with Gasteiger partial charge in [-0.15, -0.1) is 0 Å². The Morgan fingerprint density at radius 2 is 1.97 bits per heavy atom. The molecule has 1 aliphatic heterocycles. The number of aryl methyl sites for hydroxylation is 1. The monoisotopic (exact) mass is 426 g/mol. The van der Waals surface area contributed by atoms with Crippen molar-refractivity contribution in [3.8, 4) is 34.2 Å². The van der Waals surface area contributed by atoms with Crippen molar-refractivity contribution < 1.29 is 14.7 Å². The molecule has 0 saturated carbocycles. The minimum Gasteiger partial charge on any atom is -0.369 e. The molecule has 7 nitrogen and oxygen atoms in total. The molecule has 3 heterocycles. The van der Waals surface area contributed by atoms with E-state index in [0.29, 0.717) is 17.8 Å².